The first-order valence-electron chi connectivity index (χ1n) is 8.47. The highest BCUT2D eigenvalue weighted by Crippen LogP contribution is 2.55. The zero-order valence-electron chi connectivity index (χ0n) is 15.2. The lowest BCUT2D eigenvalue weighted by Crippen LogP contribution is -2.61. The van der Waals surface area contributed by atoms with Crippen molar-refractivity contribution in [3.63, 3.8) is 0 Å². The third kappa shape index (κ3) is 3.97. The lowest BCUT2D eigenvalue weighted by atomic mass is 9.66. The van der Waals surface area contributed by atoms with E-state index in [0.29, 0.717) is 17.3 Å². The van der Waals surface area contributed by atoms with E-state index in [1.807, 2.05) is 6.92 Å². The molecule has 0 aromatic rings. The monoisotopic (exact) mass is 452 g/mol. The van der Waals surface area contributed by atoms with Gasteiger partial charge in [0.15, 0.2) is 0 Å². The average molecular weight is 452 g/mol. The number of halogens is 1. The summed E-state index contributed by atoms with van der Waals surface area (Å²) >= 11 is 2.22. The molecule has 2 rings (SSSR count). The van der Waals surface area contributed by atoms with Crippen LogP contribution in [0.15, 0.2) is 11.6 Å². The largest absolute Gasteiger partial charge is 0.460 e. The van der Waals surface area contributed by atoms with Crippen LogP contribution in [0, 0.1) is 5.92 Å². The van der Waals surface area contributed by atoms with Gasteiger partial charge < -0.3 is 19.3 Å². The summed E-state index contributed by atoms with van der Waals surface area (Å²) in [7, 11) is 1.62. The van der Waals surface area contributed by atoms with Crippen molar-refractivity contribution in [1.29, 1.82) is 0 Å². The number of allylic oxidation sites excluding steroid dienone is 1. The summed E-state index contributed by atoms with van der Waals surface area (Å²) < 4.78 is 17.8. The van der Waals surface area contributed by atoms with Crippen LogP contribution in [0.25, 0.3) is 0 Å². The molecular formula is C18H29IO5. The van der Waals surface area contributed by atoms with Crippen molar-refractivity contribution < 1.29 is 24.1 Å². The maximum absolute atomic E-state index is 11.4. The fraction of sp³-hybridized carbons (Fsp3) is 0.833. The van der Waals surface area contributed by atoms with Crippen LogP contribution >= 0.6 is 22.6 Å². The fourth-order valence-corrected chi connectivity index (χ4v) is 4.90. The molecule has 138 valence electrons. The van der Waals surface area contributed by atoms with Crippen molar-refractivity contribution in [1.82, 2.24) is 0 Å². The molecule has 0 amide bonds. The molecule has 0 bridgehead atoms. The maximum atomic E-state index is 11.4. The highest BCUT2D eigenvalue weighted by atomic mass is 127. The number of aliphatic hydroxyl groups is 1. The van der Waals surface area contributed by atoms with E-state index in [-0.39, 0.29) is 30.2 Å². The van der Waals surface area contributed by atoms with E-state index in [1.165, 1.54) is 12.5 Å². The quantitative estimate of drug-likeness (QED) is 0.221. The third-order valence-electron chi connectivity index (χ3n) is 5.29. The molecule has 24 heavy (non-hydrogen) atoms. The number of esters is 1. The van der Waals surface area contributed by atoms with Gasteiger partial charge in [0, 0.05) is 24.4 Å². The highest BCUT2D eigenvalue weighted by molar-refractivity contribution is 14.1. The van der Waals surface area contributed by atoms with Gasteiger partial charge in [0.2, 0.25) is 0 Å². The normalized spacial score (nSPS) is 41.6. The summed E-state index contributed by atoms with van der Waals surface area (Å²) in [6.45, 7) is 7.58. The van der Waals surface area contributed by atoms with E-state index < -0.39 is 11.2 Å². The number of alkyl halides is 1. The third-order valence-corrected chi connectivity index (χ3v) is 6.61. The Hall–Kier alpha value is -0.180. The van der Waals surface area contributed by atoms with Crippen molar-refractivity contribution in [3.05, 3.63) is 11.6 Å². The van der Waals surface area contributed by atoms with Crippen LogP contribution < -0.4 is 0 Å². The molecule has 5 nitrogen and oxygen atoms in total. The molecule has 0 spiro atoms. The minimum atomic E-state index is -0.883. The van der Waals surface area contributed by atoms with E-state index in [4.69, 9.17) is 14.2 Å². The minimum absolute atomic E-state index is 0.0561. The summed E-state index contributed by atoms with van der Waals surface area (Å²) in [5.41, 5.74) is -0.0979. The van der Waals surface area contributed by atoms with Gasteiger partial charge in [-0.05, 0) is 40.0 Å². The fourth-order valence-electron chi connectivity index (χ4n) is 4.04. The van der Waals surface area contributed by atoms with Crippen molar-refractivity contribution in [2.75, 3.05) is 11.5 Å². The molecule has 1 heterocycles. The van der Waals surface area contributed by atoms with Gasteiger partial charge >= 0.3 is 5.97 Å². The number of ether oxygens (including phenoxy) is 3. The number of rotatable bonds is 6. The molecule has 2 aliphatic rings. The molecule has 6 atom stereocenters. The van der Waals surface area contributed by atoms with Crippen LogP contribution in [0.5, 0.6) is 0 Å². The van der Waals surface area contributed by atoms with Crippen molar-refractivity contribution in [3.8, 4) is 0 Å². The number of epoxide rings is 1. The summed E-state index contributed by atoms with van der Waals surface area (Å²) in [5.74, 6) is -0.552. The van der Waals surface area contributed by atoms with Crippen molar-refractivity contribution in [2.24, 2.45) is 5.92 Å². The van der Waals surface area contributed by atoms with E-state index in [0.717, 1.165) is 6.42 Å². The zero-order chi connectivity index (χ0) is 18.1. The Balaban J connectivity index is 2.26. The molecule has 0 unspecified atom stereocenters. The summed E-state index contributed by atoms with van der Waals surface area (Å²) in [5, 5.41) is 11.2. The molecule has 1 aliphatic heterocycles. The molecule has 2 fully saturated rings. The molecule has 0 aromatic heterocycles. The maximum Gasteiger partial charge on any atom is 0.302 e. The van der Waals surface area contributed by atoms with Gasteiger partial charge in [-0.25, -0.2) is 0 Å². The van der Waals surface area contributed by atoms with Gasteiger partial charge in [0.05, 0.1) is 11.7 Å². The Kier molecular flexibility index (Phi) is 6.37. The Morgan fingerprint density at radius 3 is 2.58 bits per heavy atom. The first-order valence-corrected chi connectivity index (χ1v) is 10.00. The number of methoxy groups -OCH3 is 1. The van der Waals surface area contributed by atoms with Crippen molar-refractivity contribution in [2.45, 2.75) is 76.5 Å². The van der Waals surface area contributed by atoms with Gasteiger partial charge in [0.25, 0.3) is 0 Å². The number of hydrogen-bond acceptors (Lipinski definition) is 5. The molecule has 1 saturated heterocycles. The molecular weight excluding hydrogens is 423 g/mol. The second kappa shape index (κ2) is 7.60. The Morgan fingerprint density at radius 2 is 2.08 bits per heavy atom. The van der Waals surface area contributed by atoms with Crippen LogP contribution in [-0.2, 0) is 19.0 Å². The predicted molar refractivity (Wildman–Crippen MR) is 100 cm³/mol. The lowest BCUT2D eigenvalue weighted by Gasteiger charge is -2.48. The number of carbonyl (C=O) groups excluding carboxylic acids is 1. The Bertz CT molecular complexity index is 504. The van der Waals surface area contributed by atoms with E-state index in [9.17, 15) is 9.90 Å². The molecule has 1 saturated carbocycles. The number of hydrogen-bond donors (Lipinski definition) is 1. The molecule has 0 radical (unpaired) electrons. The Morgan fingerprint density at radius 1 is 1.42 bits per heavy atom. The smallest absolute Gasteiger partial charge is 0.302 e. The van der Waals surface area contributed by atoms with Crippen LogP contribution in [0.3, 0.4) is 0 Å². The van der Waals surface area contributed by atoms with Crippen LogP contribution in [0.4, 0.5) is 0 Å². The lowest BCUT2D eigenvalue weighted by molar-refractivity contribution is -0.190. The number of carbonyl (C=O) groups is 1. The van der Waals surface area contributed by atoms with E-state index in [2.05, 4.69) is 42.5 Å². The van der Waals surface area contributed by atoms with Crippen LogP contribution in [-0.4, -0.2) is 52.1 Å². The molecule has 6 heteroatoms. The first-order chi connectivity index (χ1) is 11.2. The zero-order valence-corrected chi connectivity index (χ0v) is 17.3. The van der Waals surface area contributed by atoms with Gasteiger partial charge in [-0.2, -0.15) is 0 Å². The van der Waals surface area contributed by atoms with Gasteiger partial charge in [-0.15, -0.1) is 0 Å². The summed E-state index contributed by atoms with van der Waals surface area (Å²) in [6, 6.07) is 0. The Labute approximate surface area is 158 Å². The van der Waals surface area contributed by atoms with Gasteiger partial charge in [-0.1, -0.05) is 34.2 Å². The second-order valence-corrected chi connectivity index (χ2v) is 8.17. The SMILES string of the molecule is CO[C@H]1[C@@H]([C@@]2(C)O[C@@H]2CC=C(C)C)[C@@](O)(CI)CC[C@H]1OC(C)=O. The van der Waals surface area contributed by atoms with Gasteiger partial charge in [0.1, 0.15) is 17.8 Å². The first kappa shape index (κ1) is 20.1. The van der Waals surface area contributed by atoms with E-state index in [1.54, 1.807) is 7.11 Å². The van der Waals surface area contributed by atoms with Crippen LogP contribution in [0.2, 0.25) is 0 Å². The molecule has 1 aliphatic carbocycles. The standard InChI is InChI=1S/C18H29IO5/c1-11(2)6-7-14-17(4,24-14)16-15(22-5)13(23-12(3)20)8-9-18(16,21)10-19/h6,13-16,21H,7-10H2,1-5H3/t13-,14-,15-,16+,17+,18+/m1/s1. The summed E-state index contributed by atoms with van der Waals surface area (Å²) in [4.78, 5) is 11.4. The average Bonchev–Trinajstić information content (AvgIpc) is 3.17. The highest BCUT2D eigenvalue weighted by Gasteiger charge is 2.67. The predicted octanol–water partition coefficient (Wildman–Crippen LogP) is 3.02. The van der Waals surface area contributed by atoms with Crippen LogP contribution in [0.1, 0.15) is 47.0 Å². The second-order valence-electron chi connectivity index (χ2n) is 7.41. The molecule has 1 N–H and O–H groups in total. The van der Waals surface area contributed by atoms with Gasteiger partial charge in [-0.3, -0.25) is 4.79 Å². The summed E-state index contributed by atoms with van der Waals surface area (Å²) in [6.07, 6.45) is 3.50. The minimum Gasteiger partial charge on any atom is -0.460 e. The topological polar surface area (TPSA) is 68.3 Å². The molecule has 0 aromatic carbocycles. The van der Waals surface area contributed by atoms with Crippen molar-refractivity contribution >= 4 is 28.6 Å². The van der Waals surface area contributed by atoms with E-state index >= 15 is 0 Å².